The summed E-state index contributed by atoms with van der Waals surface area (Å²) >= 11 is 6.47. The number of hydrogen-bond donors (Lipinski definition) is 1. The van der Waals surface area contributed by atoms with Crippen molar-refractivity contribution in [3.63, 3.8) is 0 Å². The lowest BCUT2D eigenvalue weighted by Crippen LogP contribution is -2.36. The second-order valence-corrected chi connectivity index (χ2v) is 8.99. The van der Waals surface area contributed by atoms with Crippen molar-refractivity contribution in [2.75, 3.05) is 30.4 Å². The van der Waals surface area contributed by atoms with Crippen LogP contribution in [0.2, 0.25) is 5.02 Å². The number of pyridine rings is 1. The molecule has 1 fully saturated rings. The standard InChI is InChI=1S/C24H25ClN10O2/c1-4-22(36)35-10-9-16(12-35)33(2)20-8-6-18-23(29-20)24(27-14-26-18)28-15-5-7-19(17(25)11-15)37-13-21-30-31-32-34(21)3/h4-8,11,14,16H,1,9-10,12-13H2,2-3H3,(H,26,27,28). The number of likely N-dealkylation sites (tertiary alicyclic amines) is 1. The number of carbonyl (C=O) groups is 1. The van der Waals surface area contributed by atoms with Gasteiger partial charge in [0.25, 0.3) is 0 Å². The molecule has 1 saturated heterocycles. The quantitative estimate of drug-likeness (QED) is 0.346. The van der Waals surface area contributed by atoms with E-state index in [-0.39, 0.29) is 18.6 Å². The number of hydrogen-bond acceptors (Lipinski definition) is 10. The van der Waals surface area contributed by atoms with Gasteiger partial charge < -0.3 is 19.9 Å². The van der Waals surface area contributed by atoms with E-state index in [4.69, 9.17) is 21.3 Å². The summed E-state index contributed by atoms with van der Waals surface area (Å²) in [5.41, 5.74) is 2.04. The second kappa shape index (κ2) is 10.3. The van der Waals surface area contributed by atoms with Crippen molar-refractivity contribution in [2.45, 2.75) is 19.1 Å². The van der Waals surface area contributed by atoms with Crippen LogP contribution in [0.4, 0.5) is 17.3 Å². The highest BCUT2D eigenvalue weighted by molar-refractivity contribution is 6.32. The van der Waals surface area contributed by atoms with Gasteiger partial charge >= 0.3 is 0 Å². The summed E-state index contributed by atoms with van der Waals surface area (Å²) in [4.78, 5) is 29.5. The Kier molecular flexibility index (Phi) is 6.82. The van der Waals surface area contributed by atoms with Crippen molar-refractivity contribution >= 4 is 45.9 Å². The summed E-state index contributed by atoms with van der Waals surface area (Å²) in [5, 5.41) is 15.0. The van der Waals surface area contributed by atoms with Crippen molar-refractivity contribution in [3.8, 4) is 5.75 Å². The molecule has 1 aromatic carbocycles. The van der Waals surface area contributed by atoms with Crippen LogP contribution in [0.15, 0.2) is 49.3 Å². The number of anilines is 3. The summed E-state index contributed by atoms with van der Waals surface area (Å²) < 4.78 is 7.30. The molecule has 190 valence electrons. The van der Waals surface area contributed by atoms with Crippen LogP contribution in [0.5, 0.6) is 5.75 Å². The molecule has 0 aliphatic carbocycles. The van der Waals surface area contributed by atoms with Gasteiger partial charge in [-0.25, -0.2) is 19.6 Å². The van der Waals surface area contributed by atoms with Crippen molar-refractivity contribution in [3.05, 3.63) is 60.2 Å². The monoisotopic (exact) mass is 520 g/mol. The number of likely N-dealkylation sites (N-methyl/N-ethyl adjacent to an activating group) is 1. The molecule has 1 aliphatic rings. The molecule has 0 spiro atoms. The predicted molar refractivity (Wildman–Crippen MR) is 139 cm³/mol. The third kappa shape index (κ3) is 5.14. The fourth-order valence-corrected chi connectivity index (χ4v) is 4.37. The van der Waals surface area contributed by atoms with Crippen molar-refractivity contribution in [1.82, 2.24) is 40.1 Å². The molecule has 13 heteroatoms. The van der Waals surface area contributed by atoms with E-state index >= 15 is 0 Å². The maximum absolute atomic E-state index is 12.0. The van der Waals surface area contributed by atoms with Gasteiger partial charge in [-0.05, 0) is 53.3 Å². The number of nitrogens with zero attached hydrogens (tertiary/aromatic N) is 9. The molecule has 3 aromatic heterocycles. The topological polar surface area (TPSA) is 127 Å². The zero-order valence-corrected chi connectivity index (χ0v) is 21.1. The Morgan fingerprint density at radius 3 is 2.95 bits per heavy atom. The van der Waals surface area contributed by atoms with E-state index in [1.165, 1.54) is 17.1 Å². The van der Waals surface area contributed by atoms with Gasteiger partial charge in [0.15, 0.2) is 11.6 Å². The van der Waals surface area contributed by atoms with Gasteiger partial charge in [-0.3, -0.25) is 4.79 Å². The first kappa shape index (κ1) is 24.4. The van der Waals surface area contributed by atoms with Crippen molar-refractivity contribution in [2.24, 2.45) is 7.05 Å². The zero-order chi connectivity index (χ0) is 25.9. The zero-order valence-electron chi connectivity index (χ0n) is 20.4. The number of fused-ring (bicyclic) bond motifs is 1. The van der Waals surface area contributed by atoms with E-state index in [0.717, 1.165) is 12.2 Å². The molecule has 0 radical (unpaired) electrons. The molecule has 1 atom stereocenters. The first-order valence-corrected chi connectivity index (χ1v) is 12.0. The number of carbonyl (C=O) groups excluding carboxylic acids is 1. The van der Waals surface area contributed by atoms with Crippen LogP contribution in [0.3, 0.4) is 0 Å². The van der Waals surface area contributed by atoms with Gasteiger partial charge in [0.05, 0.1) is 10.5 Å². The molecular formula is C24H25ClN10O2. The highest BCUT2D eigenvalue weighted by atomic mass is 35.5. The molecule has 37 heavy (non-hydrogen) atoms. The van der Waals surface area contributed by atoms with Gasteiger partial charge in [0, 0.05) is 38.9 Å². The number of amides is 1. The average molecular weight is 521 g/mol. The minimum absolute atomic E-state index is 0.0528. The first-order chi connectivity index (χ1) is 17.9. The number of aromatic nitrogens is 7. The summed E-state index contributed by atoms with van der Waals surface area (Å²) in [7, 11) is 3.72. The van der Waals surface area contributed by atoms with Gasteiger partial charge in [0.1, 0.15) is 30.0 Å². The fourth-order valence-electron chi connectivity index (χ4n) is 4.14. The third-order valence-electron chi connectivity index (χ3n) is 6.29. The van der Waals surface area contributed by atoms with Gasteiger partial charge in [0.2, 0.25) is 5.91 Å². The van der Waals surface area contributed by atoms with Crippen LogP contribution in [-0.4, -0.2) is 72.1 Å². The predicted octanol–water partition coefficient (Wildman–Crippen LogP) is 2.75. The summed E-state index contributed by atoms with van der Waals surface area (Å²) in [5.74, 6) is 2.34. The summed E-state index contributed by atoms with van der Waals surface area (Å²) in [6, 6.07) is 9.34. The Morgan fingerprint density at radius 2 is 2.19 bits per heavy atom. The Balaban J connectivity index is 1.33. The van der Waals surface area contributed by atoms with E-state index in [1.54, 1.807) is 24.1 Å². The lowest BCUT2D eigenvalue weighted by atomic mass is 10.2. The maximum atomic E-state index is 12.0. The molecule has 4 aromatic rings. The molecule has 1 unspecified atom stereocenters. The van der Waals surface area contributed by atoms with Crippen LogP contribution < -0.4 is 15.0 Å². The Labute approximate surface area is 217 Å². The molecule has 4 heterocycles. The molecule has 1 N–H and O–H groups in total. The molecule has 5 rings (SSSR count). The van der Waals surface area contributed by atoms with Crippen LogP contribution >= 0.6 is 11.6 Å². The van der Waals surface area contributed by atoms with Gasteiger partial charge in [-0.2, -0.15) is 0 Å². The molecule has 0 saturated carbocycles. The van der Waals surface area contributed by atoms with E-state index in [1.807, 2.05) is 25.2 Å². The molecule has 12 nitrogen and oxygen atoms in total. The van der Waals surface area contributed by atoms with E-state index in [2.05, 4.69) is 42.3 Å². The van der Waals surface area contributed by atoms with Gasteiger partial charge in [-0.1, -0.05) is 18.2 Å². The number of nitrogens with one attached hydrogen (secondary N) is 1. The van der Waals surface area contributed by atoms with Crippen molar-refractivity contribution < 1.29 is 9.53 Å². The lowest BCUT2D eigenvalue weighted by Gasteiger charge is -2.26. The van der Waals surface area contributed by atoms with Crippen LogP contribution in [0.25, 0.3) is 11.0 Å². The number of benzene rings is 1. The first-order valence-electron chi connectivity index (χ1n) is 11.6. The molecular weight excluding hydrogens is 496 g/mol. The Morgan fingerprint density at radius 1 is 1.32 bits per heavy atom. The minimum Gasteiger partial charge on any atom is -0.484 e. The average Bonchev–Trinajstić information content (AvgIpc) is 3.57. The van der Waals surface area contributed by atoms with Crippen molar-refractivity contribution in [1.29, 1.82) is 0 Å². The number of ether oxygens (including phenoxy) is 1. The summed E-state index contributed by atoms with van der Waals surface area (Å²) in [6.45, 7) is 5.09. The van der Waals surface area contributed by atoms with Crippen LogP contribution in [0, 0.1) is 0 Å². The maximum Gasteiger partial charge on any atom is 0.246 e. The highest BCUT2D eigenvalue weighted by Crippen LogP contribution is 2.31. The SMILES string of the molecule is C=CC(=O)N1CCC(N(C)c2ccc3ncnc(Nc4ccc(OCc5nnnn5C)c(Cl)c4)c3n2)C1. The third-order valence-corrected chi connectivity index (χ3v) is 6.58. The highest BCUT2D eigenvalue weighted by Gasteiger charge is 2.28. The number of rotatable bonds is 8. The minimum atomic E-state index is -0.0528. The normalized spacial score (nSPS) is 15.1. The Hall–Kier alpha value is -4.32. The van der Waals surface area contributed by atoms with Crippen LogP contribution in [0.1, 0.15) is 12.2 Å². The second-order valence-electron chi connectivity index (χ2n) is 8.58. The van der Waals surface area contributed by atoms with E-state index in [9.17, 15) is 4.79 Å². The fraction of sp³-hybridized carbons (Fsp3) is 0.292. The number of aryl methyl sites for hydroxylation is 1. The van der Waals surface area contributed by atoms with E-state index in [0.29, 0.717) is 52.2 Å². The number of halogens is 1. The smallest absolute Gasteiger partial charge is 0.246 e. The Bertz CT molecular complexity index is 1460. The van der Waals surface area contributed by atoms with Gasteiger partial charge in [-0.15, -0.1) is 5.10 Å². The lowest BCUT2D eigenvalue weighted by molar-refractivity contribution is -0.125. The molecule has 1 amide bonds. The number of tetrazole rings is 1. The molecule has 1 aliphatic heterocycles. The van der Waals surface area contributed by atoms with Crippen LogP contribution in [-0.2, 0) is 18.4 Å². The molecule has 0 bridgehead atoms. The summed E-state index contributed by atoms with van der Waals surface area (Å²) in [6.07, 6.45) is 3.69. The largest absolute Gasteiger partial charge is 0.484 e. The van der Waals surface area contributed by atoms with E-state index < -0.39 is 0 Å².